The van der Waals surface area contributed by atoms with Crippen molar-refractivity contribution >= 4 is 41.8 Å². The summed E-state index contributed by atoms with van der Waals surface area (Å²) in [6.45, 7) is 21.7. The average molecular weight is 673 g/mol. The maximum absolute atomic E-state index is 6.09. The van der Waals surface area contributed by atoms with Gasteiger partial charge in [-0.15, -0.1) is 0 Å². The van der Waals surface area contributed by atoms with E-state index in [-0.39, 0.29) is 7.69 Å². The third-order valence-corrected chi connectivity index (χ3v) is 9.55. The molecule has 4 nitrogen and oxygen atoms in total. The highest BCUT2D eigenvalue weighted by Crippen LogP contribution is 2.43. The van der Waals surface area contributed by atoms with Gasteiger partial charge in [0.15, 0.2) is 0 Å². The first kappa shape index (κ1) is 35.4. The number of rotatable bonds is 10. The van der Waals surface area contributed by atoms with E-state index in [0.29, 0.717) is 0 Å². The van der Waals surface area contributed by atoms with Crippen molar-refractivity contribution in [3.05, 3.63) is 165 Å². The van der Waals surface area contributed by atoms with Gasteiger partial charge in [-0.05, 0) is 163 Å². The molecular weight excluding hydrogens is 623 g/mol. The molecule has 0 atom stereocenters. The monoisotopic (exact) mass is 672 g/mol. The van der Waals surface area contributed by atoms with Crippen molar-refractivity contribution in [2.45, 2.75) is 69.2 Å². The molecule has 6 aromatic rings. The minimum absolute atomic E-state index is 0.104. The molecule has 0 unspecified atom stereocenters. The number of aryl methyl sites for hydroxylation is 10. The van der Waals surface area contributed by atoms with Crippen LogP contribution in [0.15, 0.2) is 109 Å². The van der Waals surface area contributed by atoms with Gasteiger partial charge in [-0.25, -0.2) is 0 Å². The van der Waals surface area contributed by atoms with Crippen molar-refractivity contribution in [2.24, 2.45) is 0 Å². The van der Waals surface area contributed by atoms with E-state index in [2.05, 4.69) is 164 Å². The van der Waals surface area contributed by atoms with E-state index in [1.165, 1.54) is 78.4 Å². The van der Waals surface area contributed by atoms with Crippen molar-refractivity contribution < 1.29 is 9.31 Å². The van der Waals surface area contributed by atoms with E-state index in [1.54, 1.807) is 0 Å². The normalized spacial score (nSPS) is 10.9. The zero-order valence-corrected chi connectivity index (χ0v) is 31.8. The van der Waals surface area contributed by atoms with Gasteiger partial charge in [-0.3, -0.25) is 0 Å². The van der Waals surface area contributed by atoms with E-state index in [0.717, 1.165) is 22.9 Å². The minimum Gasteiger partial charge on any atom is -0.529 e. The fraction of sp³-hybridized carbons (Fsp3) is 0.217. The lowest BCUT2D eigenvalue weighted by atomic mass is 10.0. The molecule has 0 aliphatic rings. The van der Waals surface area contributed by atoms with Crippen LogP contribution in [0.5, 0.6) is 11.5 Å². The van der Waals surface area contributed by atoms with Crippen LogP contribution in [0.1, 0.15) is 55.6 Å². The summed E-state index contributed by atoms with van der Waals surface area (Å²) in [6.07, 6.45) is 0. The predicted octanol–water partition coefficient (Wildman–Crippen LogP) is 12.4. The van der Waals surface area contributed by atoms with Crippen molar-refractivity contribution in [1.29, 1.82) is 0 Å². The molecule has 0 fully saturated rings. The van der Waals surface area contributed by atoms with Gasteiger partial charge in [0.25, 0.3) is 0 Å². The first-order chi connectivity index (χ1) is 24.4. The highest BCUT2D eigenvalue weighted by atomic mass is 16.6. The lowest BCUT2D eigenvalue weighted by Gasteiger charge is -2.30. The van der Waals surface area contributed by atoms with Crippen LogP contribution in [-0.4, -0.2) is 7.69 Å². The van der Waals surface area contributed by atoms with E-state index < -0.39 is 0 Å². The quantitative estimate of drug-likeness (QED) is 0.135. The molecule has 0 saturated carbocycles. The molecule has 0 saturated heterocycles. The number of hydrogen-bond acceptors (Lipinski definition) is 4. The van der Waals surface area contributed by atoms with Crippen LogP contribution < -0.4 is 19.1 Å². The summed E-state index contributed by atoms with van der Waals surface area (Å²) in [5.74, 6) is 1.50. The van der Waals surface area contributed by atoms with Crippen LogP contribution in [0, 0.1) is 69.2 Å². The lowest BCUT2D eigenvalue weighted by molar-refractivity contribution is 0.459. The number of anilines is 6. The Morgan fingerprint density at radius 2 is 0.667 bits per heavy atom. The largest absolute Gasteiger partial charge is 0.576 e. The van der Waals surface area contributed by atoms with Gasteiger partial charge < -0.3 is 19.1 Å². The van der Waals surface area contributed by atoms with Gasteiger partial charge in [-0.2, -0.15) is 0 Å². The summed E-state index contributed by atoms with van der Waals surface area (Å²) in [4.78, 5) is 4.73. The first-order valence-electron chi connectivity index (χ1n) is 17.8. The molecule has 5 heteroatoms. The zero-order chi connectivity index (χ0) is 36.4. The molecule has 0 spiro atoms. The molecule has 0 aliphatic heterocycles. The third kappa shape index (κ3) is 7.68. The van der Waals surface area contributed by atoms with Gasteiger partial charge in [0.2, 0.25) is 0 Å². The Labute approximate surface area is 305 Å². The summed E-state index contributed by atoms with van der Waals surface area (Å²) < 4.78 is 12.2. The fourth-order valence-electron chi connectivity index (χ4n) is 7.49. The van der Waals surface area contributed by atoms with Crippen LogP contribution >= 0.6 is 0 Å². The summed E-state index contributed by atoms with van der Waals surface area (Å²) in [5, 5.41) is 0. The number of benzene rings is 6. The van der Waals surface area contributed by atoms with Crippen LogP contribution in [0.25, 0.3) is 0 Å². The van der Waals surface area contributed by atoms with E-state index in [9.17, 15) is 0 Å². The van der Waals surface area contributed by atoms with Gasteiger partial charge in [-0.1, -0.05) is 70.8 Å². The molecule has 0 radical (unpaired) electrons. The second-order valence-corrected chi connectivity index (χ2v) is 14.1. The predicted molar refractivity (Wildman–Crippen MR) is 218 cm³/mol. The molecule has 51 heavy (non-hydrogen) atoms. The zero-order valence-electron chi connectivity index (χ0n) is 31.8. The van der Waals surface area contributed by atoms with E-state index >= 15 is 0 Å². The van der Waals surface area contributed by atoms with Gasteiger partial charge in [0.05, 0.1) is 11.4 Å². The Hall–Kier alpha value is -5.42. The Bertz CT molecular complexity index is 1990. The summed E-state index contributed by atoms with van der Waals surface area (Å²) in [6, 6.07) is 38.9. The Morgan fingerprint density at radius 3 is 0.980 bits per heavy atom. The topological polar surface area (TPSA) is 24.9 Å². The molecule has 6 rings (SSSR count). The van der Waals surface area contributed by atoms with Crippen LogP contribution in [0.4, 0.5) is 34.1 Å². The standard InChI is InChI=1S/C46H49BN2O2/c1-29-11-21-43(33(5)23-29)48(45-35(7)25-31(3)26-36(45)8)39-13-17-41(18-14-39)50-47-51-42-19-15-40(16-20-42)49(44-22-12-30(2)24-34(44)6)46-37(9)27-32(4)28-38(46)10/h11-28,47H,1-10H3. The molecule has 0 amide bonds. The molecule has 6 aromatic carbocycles. The molecule has 0 N–H and O–H groups in total. The van der Waals surface area contributed by atoms with Crippen LogP contribution in [-0.2, 0) is 0 Å². The molecule has 0 aliphatic carbocycles. The number of nitrogens with zero attached hydrogens (tertiary/aromatic N) is 2. The van der Waals surface area contributed by atoms with E-state index in [4.69, 9.17) is 9.31 Å². The first-order valence-corrected chi connectivity index (χ1v) is 17.8. The van der Waals surface area contributed by atoms with Crippen molar-refractivity contribution in [1.82, 2.24) is 0 Å². The van der Waals surface area contributed by atoms with Crippen molar-refractivity contribution in [3.63, 3.8) is 0 Å². The highest BCUT2D eigenvalue weighted by Gasteiger charge is 2.21. The van der Waals surface area contributed by atoms with Crippen LogP contribution in [0.3, 0.4) is 0 Å². The van der Waals surface area contributed by atoms with Gasteiger partial charge in [0.1, 0.15) is 11.5 Å². The summed E-state index contributed by atoms with van der Waals surface area (Å²) in [5.41, 5.74) is 19.4. The Kier molecular flexibility index (Phi) is 10.3. The second kappa shape index (κ2) is 14.8. The van der Waals surface area contributed by atoms with Gasteiger partial charge in [0, 0.05) is 22.7 Å². The maximum atomic E-state index is 6.09. The van der Waals surface area contributed by atoms with Crippen molar-refractivity contribution in [3.8, 4) is 11.5 Å². The highest BCUT2D eigenvalue weighted by molar-refractivity contribution is 6.20. The van der Waals surface area contributed by atoms with E-state index in [1.807, 2.05) is 24.3 Å². The van der Waals surface area contributed by atoms with Gasteiger partial charge >= 0.3 is 7.69 Å². The fourth-order valence-corrected chi connectivity index (χ4v) is 7.49. The molecular formula is C46H49BN2O2. The Balaban J connectivity index is 1.21. The second-order valence-electron chi connectivity index (χ2n) is 14.1. The lowest BCUT2D eigenvalue weighted by Crippen LogP contribution is -2.15. The molecule has 0 aromatic heterocycles. The third-order valence-electron chi connectivity index (χ3n) is 9.55. The summed E-state index contributed by atoms with van der Waals surface area (Å²) >= 11 is 0. The number of hydrogen-bond donors (Lipinski definition) is 0. The summed E-state index contributed by atoms with van der Waals surface area (Å²) in [7, 11) is 0.104. The maximum Gasteiger partial charge on any atom is 0.576 e. The van der Waals surface area contributed by atoms with Crippen molar-refractivity contribution in [2.75, 3.05) is 9.80 Å². The smallest absolute Gasteiger partial charge is 0.529 e. The average Bonchev–Trinajstić information content (AvgIpc) is 3.06. The van der Waals surface area contributed by atoms with Crippen LogP contribution in [0.2, 0.25) is 0 Å². The molecule has 0 heterocycles. The Morgan fingerprint density at radius 1 is 0.353 bits per heavy atom. The molecule has 0 bridgehead atoms. The molecule has 258 valence electrons. The SMILES string of the molecule is Cc1ccc(N(c2ccc(OBOc3ccc(N(c4ccc(C)cc4C)c4c(C)cc(C)cc4C)cc3)cc2)c2c(C)cc(C)cc2C)c(C)c1. The minimum atomic E-state index is 0.104.